The van der Waals surface area contributed by atoms with Crippen LogP contribution in [0.1, 0.15) is 18.5 Å². The minimum absolute atomic E-state index is 0.583. The summed E-state index contributed by atoms with van der Waals surface area (Å²) in [5, 5.41) is 0. The van der Waals surface area contributed by atoms with E-state index in [0.717, 1.165) is 18.2 Å². The van der Waals surface area contributed by atoms with Gasteiger partial charge in [-0.15, -0.1) is 0 Å². The lowest BCUT2D eigenvalue weighted by Crippen LogP contribution is -2.09. The van der Waals surface area contributed by atoms with Gasteiger partial charge < -0.3 is 15.0 Å². The van der Waals surface area contributed by atoms with Crippen LogP contribution in [0, 0.1) is 5.92 Å². The maximum absolute atomic E-state index is 5.56. The Kier molecular flexibility index (Phi) is 2.66. The minimum atomic E-state index is 0.583. The van der Waals surface area contributed by atoms with Crippen molar-refractivity contribution in [2.75, 3.05) is 6.61 Å². The fraction of sp³-hybridized carbons (Fsp3) is 0.600. The molecule has 0 aromatic carbocycles. The normalized spacial score (nSPS) is 16.4. The summed E-state index contributed by atoms with van der Waals surface area (Å²) in [6.07, 6.45) is 4.69. The van der Waals surface area contributed by atoms with Gasteiger partial charge in [-0.3, -0.25) is 0 Å². The number of nitrogens with zero attached hydrogens (tertiary/aromatic N) is 1. The molecule has 1 saturated carbocycles. The van der Waals surface area contributed by atoms with Crippen LogP contribution in [0.4, 0.5) is 0 Å². The molecule has 0 spiro atoms. The predicted octanol–water partition coefficient (Wildman–Crippen LogP) is 1.33. The van der Waals surface area contributed by atoms with Crippen molar-refractivity contribution in [3.05, 3.63) is 24.0 Å². The molecule has 2 N–H and O–H groups in total. The number of rotatable bonds is 5. The van der Waals surface area contributed by atoms with Crippen LogP contribution < -0.4 is 5.73 Å². The van der Waals surface area contributed by atoms with Crippen molar-refractivity contribution < 1.29 is 4.74 Å². The topological polar surface area (TPSA) is 40.2 Å². The number of hydrogen-bond donors (Lipinski definition) is 1. The molecule has 0 radical (unpaired) electrons. The summed E-state index contributed by atoms with van der Waals surface area (Å²) in [6, 6.07) is 4.03. The van der Waals surface area contributed by atoms with E-state index >= 15 is 0 Å². The largest absolute Gasteiger partial charge is 0.361 e. The molecular formula is C10H16N2O. The van der Waals surface area contributed by atoms with Crippen LogP contribution >= 0.6 is 0 Å². The van der Waals surface area contributed by atoms with E-state index in [4.69, 9.17) is 10.5 Å². The number of aromatic nitrogens is 1. The zero-order chi connectivity index (χ0) is 9.10. The third-order valence-corrected chi connectivity index (χ3v) is 2.41. The summed E-state index contributed by atoms with van der Waals surface area (Å²) >= 11 is 0. The lowest BCUT2D eigenvalue weighted by molar-refractivity contribution is 0.0676. The van der Waals surface area contributed by atoms with Crippen LogP contribution in [0.2, 0.25) is 0 Å². The van der Waals surface area contributed by atoms with Crippen molar-refractivity contribution in [3.63, 3.8) is 0 Å². The van der Waals surface area contributed by atoms with Gasteiger partial charge in [0.05, 0.1) is 6.61 Å². The van der Waals surface area contributed by atoms with Gasteiger partial charge in [0, 0.05) is 18.4 Å². The van der Waals surface area contributed by atoms with Crippen molar-refractivity contribution in [1.29, 1.82) is 0 Å². The first-order valence-corrected chi connectivity index (χ1v) is 4.82. The fourth-order valence-corrected chi connectivity index (χ4v) is 1.36. The van der Waals surface area contributed by atoms with E-state index in [-0.39, 0.29) is 0 Å². The van der Waals surface area contributed by atoms with Gasteiger partial charge in [0.25, 0.3) is 0 Å². The van der Waals surface area contributed by atoms with Crippen LogP contribution in [-0.4, -0.2) is 11.2 Å². The van der Waals surface area contributed by atoms with Crippen molar-refractivity contribution in [2.45, 2.75) is 26.1 Å². The maximum atomic E-state index is 5.56. The standard InChI is InChI=1S/C10H16N2O/c11-6-10-2-1-5-12(10)8-13-7-9-3-4-9/h1-2,5,9H,3-4,6-8,11H2. The third-order valence-electron chi connectivity index (χ3n) is 2.41. The second-order valence-corrected chi connectivity index (χ2v) is 3.62. The SMILES string of the molecule is NCc1cccn1COCC1CC1. The van der Waals surface area contributed by atoms with Gasteiger partial charge in [0.1, 0.15) is 6.73 Å². The van der Waals surface area contributed by atoms with Crippen molar-refractivity contribution in [3.8, 4) is 0 Å². The highest BCUT2D eigenvalue weighted by Crippen LogP contribution is 2.28. The molecule has 1 fully saturated rings. The molecule has 1 aromatic rings. The Morgan fingerprint density at radius 2 is 2.38 bits per heavy atom. The fourth-order valence-electron chi connectivity index (χ4n) is 1.36. The first-order valence-electron chi connectivity index (χ1n) is 4.82. The molecular weight excluding hydrogens is 164 g/mol. The predicted molar refractivity (Wildman–Crippen MR) is 51.0 cm³/mol. The first kappa shape index (κ1) is 8.78. The molecule has 1 aromatic heterocycles. The zero-order valence-electron chi connectivity index (χ0n) is 7.78. The van der Waals surface area contributed by atoms with Gasteiger partial charge in [0.2, 0.25) is 0 Å². The Labute approximate surface area is 78.5 Å². The van der Waals surface area contributed by atoms with Gasteiger partial charge in [-0.05, 0) is 30.9 Å². The van der Waals surface area contributed by atoms with E-state index in [9.17, 15) is 0 Å². The number of hydrogen-bond acceptors (Lipinski definition) is 2. The van der Waals surface area contributed by atoms with Crippen LogP contribution in [-0.2, 0) is 18.0 Å². The van der Waals surface area contributed by atoms with E-state index in [2.05, 4.69) is 4.57 Å². The average molecular weight is 180 g/mol. The van der Waals surface area contributed by atoms with E-state index in [1.807, 2.05) is 18.3 Å². The van der Waals surface area contributed by atoms with Crippen molar-refractivity contribution in [2.24, 2.45) is 11.7 Å². The summed E-state index contributed by atoms with van der Waals surface area (Å²) in [5.74, 6) is 0.830. The van der Waals surface area contributed by atoms with Gasteiger partial charge in [-0.25, -0.2) is 0 Å². The van der Waals surface area contributed by atoms with E-state index in [0.29, 0.717) is 13.3 Å². The Bertz CT molecular complexity index is 266. The third kappa shape index (κ3) is 2.32. The van der Waals surface area contributed by atoms with Gasteiger partial charge in [-0.2, -0.15) is 0 Å². The Balaban J connectivity index is 1.78. The molecule has 0 aliphatic heterocycles. The highest BCUT2D eigenvalue weighted by molar-refractivity contribution is 5.05. The second-order valence-electron chi connectivity index (χ2n) is 3.62. The summed E-state index contributed by atoms with van der Waals surface area (Å²) in [6.45, 7) is 2.14. The van der Waals surface area contributed by atoms with Gasteiger partial charge in [0.15, 0.2) is 0 Å². The Hall–Kier alpha value is -0.800. The molecule has 1 aliphatic rings. The van der Waals surface area contributed by atoms with E-state index in [1.165, 1.54) is 12.8 Å². The molecule has 0 atom stereocenters. The lowest BCUT2D eigenvalue weighted by Gasteiger charge is -2.07. The molecule has 0 unspecified atom stereocenters. The lowest BCUT2D eigenvalue weighted by atomic mass is 10.4. The Morgan fingerprint density at radius 1 is 1.54 bits per heavy atom. The summed E-state index contributed by atoms with van der Waals surface area (Å²) in [5.41, 5.74) is 6.70. The highest BCUT2D eigenvalue weighted by Gasteiger charge is 2.21. The maximum Gasteiger partial charge on any atom is 0.122 e. The molecule has 13 heavy (non-hydrogen) atoms. The molecule has 1 aliphatic carbocycles. The average Bonchev–Trinajstić information content (AvgIpc) is 2.84. The molecule has 0 bridgehead atoms. The molecule has 1 heterocycles. The van der Waals surface area contributed by atoms with Crippen LogP contribution in [0.5, 0.6) is 0 Å². The number of ether oxygens (including phenoxy) is 1. The number of nitrogens with two attached hydrogens (primary N) is 1. The van der Waals surface area contributed by atoms with E-state index in [1.54, 1.807) is 0 Å². The summed E-state index contributed by atoms with van der Waals surface area (Å²) in [7, 11) is 0. The highest BCUT2D eigenvalue weighted by atomic mass is 16.5. The van der Waals surface area contributed by atoms with Crippen molar-refractivity contribution in [1.82, 2.24) is 4.57 Å². The van der Waals surface area contributed by atoms with E-state index < -0.39 is 0 Å². The minimum Gasteiger partial charge on any atom is -0.361 e. The van der Waals surface area contributed by atoms with Gasteiger partial charge in [-0.1, -0.05) is 0 Å². The van der Waals surface area contributed by atoms with Crippen LogP contribution in [0.25, 0.3) is 0 Å². The van der Waals surface area contributed by atoms with Crippen LogP contribution in [0.15, 0.2) is 18.3 Å². The molecule has 0 saturated heterocycles. The summed E-state index contributed by atoms with van der Waals surface area (Å²) in [4.78, 5) is 0. The molecule has 72 valence electrons. The Morgan fingerprint density at radius 3 is 3.08 bits per heavy atom. The molecule has 0 amide bonds. The van der Waals surface area contributed by atoms with Crippen LogP contribution in [0.3, 0.4) is 0 Å². The van der Waals surface area contributed by atoms with Crippen molar-refractivity contribution >= 4 is 0 Å². The first-order chi connectivity index (χ1) is 6.40. The van der Waals surface area contributed by atoms with Gasteiger partial charge >= 0.3 is 0 Å². The summed E-state index contributed by atoms with van der Waals surface area (Å²) < 4.78 is 7.61. The molecule has 3 heteroatoms. The quantitative estimate of drug-likeness (QED) is 0.742. The second kappa shape index (κ2) is 3.94. The molecule has 2 rings (SSSR count). The monoisotopic (exact) mass is 180 g/mol. The smallest absolute Gasteiger partial charge is 0.122 e. The zero-order valence-corrected chi connectivity index (χ0v) is 7.78. The molecule has 3 nitrogen and oxygen atoms in total.